The van der Waals surface area contributed by atoms with E-state index >= 15 is 0 Å². The summed E-state index contributed by atoms with van der Waals surface area (Å²) in [5.74, 6) is 0. The van der Waals surface area contributed by atoms with Crippen molar-refractivity contribution in [3.8, 4) is 16.8 Å². The molecule has 0 saturated carbocycles. The summed E-state index contributed by atoms with van der Waals surface area (Å²) in [6.45, 7) is 6.84. The molecule has 0 fully saturated rings. The molecule has 0 unspecified atom stereocenters. The number of fused-ring (bicyclic) bond motifs is 16. The number of nitrogens with one attached hydrogen (secondary N) is 1. The van der Waals surface area contributed by atoms with Crippen LogP contribution in [0, 0.1) is 0 Å². The normalized spacial score (nSPS) is 13.9. The maximum Gasteiger partial charge on any atom is 0.198 e. The van der Waals surface area contributed by atoms with Crippen molar-refractivity contribution < 1.29 is 4.42 Å². The van der Waals surface area contributed by atoms with Crippen LogP contribution >= 0.6 is 22.7 Å². The van der Waals surface area contributed by atoms with Crippen molar-refractivity contribution in [1.82, 2.24) is 4.57 Å². The second kappa shape index (κ2) is 12.6. The summed E-state index contributed by atoms with van der Waals surface area (Å²) in [7, 11) is 2.49. The summed E-state index contributed by atoms with van der Waals surface area (Å²) in [6, 6.07) is 50.3. The number of thiophene rings is 2. The molecule has 1 aliphatic heterocycles. The van der Waals surface area contributed by atoms with E-state index in [1.54, 1.807) is 0 Å². The predicted octanol–water partition coefficient (Wildman–Crippen LogP) is 15.0. The van der Waals surface area contributed by atoms with E-state index in [9.17, 15) is 0 Å². The average Bonchev–Trinajstić information content (AvgIpc) is 4.04. The van der Waals surface area contributed by atoms with E-state index in [-0.39, 0.29) is 5.41 Å². The minimum Gasteiger partial charge on any atom is -0.456 e. The summed E-state index contributed by atoms with van der Waals surface area (Å²) in [4.78, 5) is 0. The molecule has 62 heavy (non-hydrogen) atoms. The van der Waals surface area contributed by atoms with Crippen LogP contribution in [0.1, 0.15) is 50.3 Å². The molecule has 2 aliphatic rings. The summed E-state index contributed by atoms with van der Waals surface area (Å²) in [5, 5.41) is 14.3. The highest BCUT2D eigenvalue weighted by atomic mass is 32.1. The first-order chi connectivity index (χ1) is 30.3. The highest BCUT2D eigenvalue weighted by Crippen LogP contribution is 2.51. The zero-order chi connectivity index (χ0) is 41.0. The maximum atomic E-state index is 6.61. The van der Waals surface area contributed by atoms with Gasteiger partial charge in [-0.3, -0.25) is 0 Å². The number of hydrogen-bond acceptors (Lipinski definition) is 4. The Labute approximate surface area is 367 Å². The molecule has 0 saturated heterocycles. The van der Waals surface area contributed by atoms with Gasteiger partial charge in [-0.2, -0.15) is 0 Å². The number of nitrogens with zero attached hydrogens (tertiary/aromatic N) is 1. The molecule has 3 nitrogen and oxygen atoms in total. The van der Waals surface area contributed by atoms with Crippen molar-refractivity contribution in [3.05, 3.63) is 150 Å². The average molecular weight is 832 g/mol. The largest absolute Gasteiger partial charge is 0.456 e. The molecule has 6 heteroatoms. The predicted molar refractivity (Wildman–Crippen MR) is 269 cm³/mol. The lowest BCUT2D eigenvalue weighted by molar-refractivity contribution is 0.590. The standard InChI is InChI=1S/C56H40BN2OS2/c1-56(2,3)32-20-22-33(23-21-32)58-42-26-38-35-15-7-10-18-47(35)61-49(38)28-39(42)50-51-36-16-8-11-19-48(36)62-55(51)52-40-24-30-12-4-5-13-31(30)25-43(40)59-44-27-37-34-14-6-9-17-45(34)60-46(37)29-41(44)57-53(50)54(52)59/h6-11,14-29,58H,4-5,12-13H2,1-3H3. The smallest absolute Gasteiger partial charge is 0.198 e. The van der Waals surface area contributed by atoms with E-state index < -0.39 is 0 Å². The zero-order valence-corrected chi connectivity index (χ0v) is 36.4. The Morgan fingerprint density at radius 2 is 1.34 bits per heavy atom. The highest BCUT2D eigenvalue weighted by molar-refractivity contribution is 7.27. The summed E-state index contributed by atoms with van der Waals surface area (Å²) >= 11 is 3.85. The van der Waals surface area contributed by atoms with Crippen molar-refractivity contribution in [2.75, 3.05) is 5.32 Å². The molecule has 5 heterocycles. The number of rotatable bonds is 3. The Bertz CT molecular complexity index is 3910. The molecule has 1 aliphatic carbocycles. The van der Waals surface area contributed by atoms with Crippen molar-refractivity contribution in [3.63, 3.8) is 0 Å². The van der Waals surface area contributed by atoms with E-state index in [1.807, 2.05) is 22.7 Å². The fourth-order valence-corrected chi connectivity index (χ4v) is 13.3. The van der Waals surface area contributed by atoms with Crippen LogP contribution in [0.3, 0.4) is 0 Å². The molecule has 295 valence electrons. The maximum absolute atomic E-state index is 6.61. The first-order valence-corrected chi connectivity index (χ1v) is 23.6. The van der Waals surface area contributed by atoms with Crippen LogP contribution in [0.15, 0.2) is 138 Å². The SMILES string of the molecule is CC(C)(C)c1ccc(Nc2cc3c(cc2-c2c4c5c(c6cc7c(cc6n5-c5cc6c(cc5[B]4)oc4ccccc46)CCCC7)c4sc5ccccc5c24)sc2ccccc23)cc1. The number of benzene rings is 8. The molecule has 0 spiro atoms. The van der Waals surface area contributed by atoms with Crippen LogP contribution in [0.5, 0.6) is 0 Å². The van der Waals surface area contributed by atoms with E-state index in [1.165, 1.54) is 119 Å². The van der Waals surface area contributed by atoms with Gasteiger partial charge in [-0.15, -0.1) is 22.7 Å². The molecule has 4 aromatic heterocycles. The lowest BCUT2D eigenvalue weighted by Crippen LogP contribution is -2.37. The van der Waals surface area contributed by atoms with Gasteiger partial charge in [0, 0.05) is 84.5 Å². The highest BCUT2D eigenvalue weighted by Gasteiger charge is 2.33. The topological polar surface area (TPSA) is 30.1 Å². The van der Waals surface area contributed by atoms with Crippen molar-refractivity contribution in [2.45, 2.75) is 51.9 Å². The molecular formula is C56H40BN2OS2. The van der Waals surface area contributed by atoms with Gasteiger partial charge in [-0.25, -0.2) is 0 Å². The number of aromatic nitrogens is 1. The lowest BCUT2D eigenvalue weighted by atomic mass is 9.58. The first-order valence-electron chi connectivity index (χ1n) is 21.9. The summed E-state index contributed by atoms with van der Waals surface area (Å²) in [6.07, 6.45) is 4.77. The van der Waals surface area contributed by atoms with Gasteiger partial charge in [0.15, 0.2) is 7.28 Å². The van der Waals surface area contributed by atoms with Gasteiger partial charge in [0.1, 0.15) is 11.2 Å². The second-order valence-electron chi connectivity index (χ2n) is 18.6. The van der Waals surface area contributed by atoms with E-state index in [2.05, 4.69) is 171 Å². The Morgan fingerprint density at radius 1 is 0.613 bits per heavy atom. The number of furan rings is 1. The number of aryl methyl sites for hydroxylation is 2. The summed E-state index contributed by atoms with van der Waals surface area (Å²) < 4.78 is 14.5. The van der Waals surface area contributed by atoms with Crippen molar-refractivity contribution in [2.24, 2.45) is 0 Å². The van der Waals surface area contributed by atoms with Crippen molar-refractivity contribution >= 4 is 136 Å². The molecule has 8 aromatic carbocycles. The molecule has 0 atom stereocenters. The van der Waals surface area contributed by atoms with Crippen LogP contribution in [0.4, 0.5) is 11.4 Å². The third kappa shape index (κ3) is 4.94. The van der Waals surface area contributed by atoms with Crippen LogP contribution in [-0.4, -0.2) is 11.8 Å². The molecule has 1 N–H and O–H groups in total. The Kier molecular flexibility index (Phi) is 7.18. The van der Waals surface area contributed by atoms with E-state index in [4.69, 9.17) is 4.42 Å². The molecule has 1 radical (unpaired) electrons. The second-order valence-corrected chi connectivity index (χ2v) is 20.7. The quantitative estimate of drug-likeness (QED) is 0.180. The number of anilines is 2. The van der Waals surface area contributed by atoms with Crippen LogP contribution < -0.4 is 16.2 Å². The monoisotopic (exact) mass is 831 g/mol. The third-order valence-corrected chi connectivity index (χ3v) is 16.2. The zero-order valence-electron chi connectivity index (χ0n) is 34.8. The van der Waals surface area contributed by atoms with Crippen molar-refractivity contribution in [1.29, 1.82) is 0 Å². The Morgan fingerprint density at radius 3 is 2.15 bits per heavy atom. The third-order valence-electron chi connectivity index (χ3n) is 13.9. The van der Waals surface area contributed by atoms with Gasteiger partial charge in [-0.1, -0.05) is 93.0 Å². The number of hydrogen-bond donors (Lipinski definition) is 1. The minimum atomic E-state index is 0.0691. The molecular weight excluding hydrogens is 792 g/mol. The molecule has 0 amide bonds. The van der Waals surface area contributed by atoms with Gasteiger partial charge in [0.2, 0.25) is 0 Å². The Balaban J connectivity index is 1.15. The lowest BCUT2D eigenvalue weighted by Gasteiger charge is -2.25. The van der Waals surface area contributed by atoms with Crippen LogP contribution in [0.25, 0.3) is 101 Å². The molecule has 12 aromatic rings. The first kappa shape index (κ1) is 35.3. The summed E-state index contributed by atoms with van der Waals surface area (Å²) in [5.41, 5.74) is 17.2. The van der Waals surface area contributed by atoms with Crippen LogP contribution in [0.2, 0.25) is 0 Å². The van der Waals surface area contributed by atoms with Gasteiger partial charge < -0.3 is 14.3 Å². The Hall–Kier alpha value is -6.34. The van der Waals surface area contributed by atoms with E-state index in [0.29, 0.717) is 0 Å². The van der Waals surface area contributed by atoms with E-state index in [0.717, 1.165) is 46.2 Å². The molecule has 0 bridgehead atoms. The fourth-order valence-electron chi connectivity index (χ4n) is 10.9. The fraction of sp³-hybridized carbons (Fsp3) is 0.143. The van der Waals surface area contributed by atoms with Gasteiger partial charge in [0.25, 0.3) is 0 Å². The number of para-hydroxylation sites is 1. The minimum absolute atomic E-state index is 0.0691. The van der Waals surface area contributed by atoms with Crippen LogP contribution in [-0.2, 0) is 18.3 Å². The molecule has 14 rings (SSSR count). The van der Waals surface area contributed by atoms with Gasteiger partial charge >= 0.3 is 0 Å². The van der Waals surface area contributed by atoms with Gasteiger partial charge in [0.05, 0.1) is 11.0 Å². The van der Waals surface area contributed by atoms with Gasteiger partial charge in [-0.05, 0) is 126 Å².